The van der Waals surface area contributed by atoms with Crippen molar-refractivity contribution in [3.05, 3.63) is 44.7 Å². The fraction of sp³-hybridized carbons (Fsp3) is 0.263. The van der Waals surface area contributed by atoms with Gasteiger partial charge in [-0.2, -0.15) is 0 Å². The number of aryl methyl sites for hydroxylation is 2. The zero-order valence-corrected chi connectivity index (χ0v) is 18.4. The van der Waals surface area contributed by atoms with Gasteiger partial charge in [0.1, 0.15) is 0 Å². The van der Waals surface area contributed by atoms with Gasteiger partial charge in [0.15, 0.2) is 10.3 Å². The molecule has 0 aliphatic rings. The Bertz CT molecular complexity index is 1190. The Labute approximate surface area is 175 Å². The molecule has 4 nitrogen and oxygen atoms in total. The monoisotopic (exact) mass is 437 g/mol. The van der Waals surface area contributed by atoms with E-state index in [1.165, 1.54) is 9.78 Å². The number of rotatable bonds is 3. The zero-order valence-electron chi connectivity index (χ0n) is 15.2. The summed E-state index contributed by atoms with van der Waals surface area (Å²) in [6.07, 6.45) is 0. The molecule has 4 rings (SSSR count). The molecule has 140 valence electrons. The number of nitrogens with zero attached hydrogens (tertiary/aromatic N) is 3. The highest BCUT2D eigenvalue weighted by molar-refractivity contribution is 7.23. The molecule has 8 heteroatoms. The number of hydrogen-bond acceptors (Lipinski definition) is 4. The third-order valence-corrected chi connectivity index (χ3v) is 7.06. The normalized spacial score (nSPS) is 12.8. The summed E-state index contributed by atoms with van der Waals surface area (Å²) >= 11 is 16.2. The molecular weight excluding hydrogens is 421 g/mol. The third kappa shape index (κ3) is 3.05. The number of thiophene rings is 1. The number of likely N-dealkylation sites (N-methyl/N-ethyl adjacent to an activating group) is 1. The summed E-state index contributed by atoms with van der Waals surface area (Å²) in [6.45, 7) is 4.13. The van der Waals surface area contributed by atoms with Gasteiger partial charge in [0, 0.05) is 34.4 Å². The van der Waals surface area contributed by atoms with E-state index in [2.05, 4.69) is 19.9 Å². The van der Waals surface area contributed by atoms with E-state index in [4.69, 9.17) is 28.2 Å². The first-order valence-corrected chi connectivity index (χ1v) is 10.8. The zero-order chi connectivity index (χ0) is 19.5. The molecule has 3 heterocycles. The summed E-state index contributed by atoms with van der Waals surface area (Å²) in [5, 5.41) is -0.211. The molecule has 0 spiro atoms. The standard InChI is InChI=1S/C19H17Cl2N3OS2/c1-9-7-12(10(2)26-9)16-17(15(21)18(25)23(3)4)24-13-8-11(20)5-6-14(13)27-19(24)22-16/h5-8,15H,1-4H3. The number of carbonyl (C=O) groups excluding carboxylic acids is 1. The van der Waals surface area contributed by atoms with Crippen LogP contribution in [-0.4, -0.2) is 34.3 Å². The van der Waals surface area contributed by atoms with Gasteiger partial charge < -0.3 is 4.90 Å². The van der Waals surface area contributed by atoms with E-state index in [0.29, 0.717) is 10.7 Å². The quantitative estimate of drug-likeness (QED) is 0.373. The molecule has 0 aliphatic heterocycles. The molecule has 0 aliphatic carbocycles. The van der Waals surface area contributed by atoms with Crippen LogP contribution in [0.25, 0.3) is 26.4 Å². The molecule has 0 saturated heterocycles. The van der Waals surface area contributed by atoms with Crippen molar-refractivity contribution in [2.75, 3.05) is 14.1 Å². The van der Waals surface area contributed by atoms with Crippen LogP contribution >= 0.6 is 45.9 Å². The van der Waals surface area contributed by atoms with E-state index >= 15 is 0 Å². The highest BCUT2D eigenvalue weighted by atomic mass is 35.5. The second-order valence-corrected chi connectivity index (χ2v) is 9.94. The van der Waals surface area contributed by atoms with Gasteiger partial charge in [0.05, 0.1) is 21.6 Å². The number of halogens is 2. The van der Waals surface area contributed by atoms with Gasteiger partial charge in [-0.1, -0.05) is 22.9 Å². The van der Waals surface area contributed by atoms with Crippen molar-refractivity contribution in [2.24, 2.45) is 0 Å². The van der Waals surface area contributed by atoms with Gasteiger partial charge in [-0.05, 0) is 38.1 Å². The van der Waals surface area contributed by atoms with E-state index in [0.717, 1.165) is 31.3 Å². The number of amides is 1. The Morgan fingerprint density at radius 3 is 2.59 bits per heavy atom. The van der Waals surface area contributed by atoms with E-state index in [-0.39, 0.29) is 5.91 Å². The summed E-state index contributed by atoms with van der Waals surface area (Å²) in [5.74, 6) is -0.175. The van der Waals surface area contributed by atoms with Crippen LogP contribution in [-0.2, 0) is 4.79 Å². The molecule has 0 saturated carbocycles. The molecule has 1 unspecified atom stereocenters. The maximum atomic E-state index is 12.7. The fourth-order valence-electron chi connectivity index (χ4n) is 3.20. The summed E-state index contributed by atoms with van der Waals surface area (Å²) in [5.41, 5.74) is 3.40. The van der Waals surface area contributed by atoms with Crippen molar-refractivity contribution in [1.82, 2.24) is 14.3 Å². The van der Waals surface area contributed by atoms with Crippen molar-refractivity contribution < 1.29 is 4.79 Å². The van der Waals surface area contributed by atoms with Gasteiger partial charge in [-0.3, -0.25) is 9.20 Å². The predicted molar refractivity (Wildman–Crippen MR) is 116 cm³/mol. The molecule has 0 fully saturated rings. The average Bonchev–Trinajstić information content (AvgIpc) is 3.24. The molecule has 1 aromatic carbocycles. The van der Waals surface area contributed by atoms with Gasteiger partial charge >= 0.3 is 0 Å². The molecule has 0 radical (unpaired) electrons. The number of alkyl halides is 1. The van der Waals surface area contributed by atoms with Crippen molar-refractivity contribution in [1.29, 1.82) is 0 Å². The summed E-state index contributed by atoms with van der Waals surface area (Å²) < 4.78 is 3.03. The SMILES string of the molecule is Cc1cc(-c2nc3sc4ccc(Cl)cc4n3c2C(Cl)C(=O)N(C)C)c(C)s1. The fourth-order valence-corrected chi connectivity index (χ4v) is 5.70. The van der Waals surface area contributed by atoms with Crippen molar-refractivity contribution in [2.45, 2.75) is 19.2 Å². The van der Waals surface area contributed by atoms with E-state index in [1.54, 1.807) is 36.8 Å². The minimum atomic E-state index is -0.846. The largest absolute Gasteiger partial charge is 0.347 e. The first-order chi connectivity index (χ1) is 12.8. The number of fused-ring (bicyclic) bond motifs is 3. The highest BCUT2D eigenvalue weighted by Crippen LogP contribution is 2.41. The first-order valence-electron chi connectivity index (χ1n) is 8.31. The Hall–Kier alpha value is -1.60. The van der Waals surface area contributed by atoms with Crippen molar-refractivity contribution in [3.63, 3.8) is 0 Å². The number of carbonyl (C=O) groups is 1. The lowest BCUT2D eigenvalue weighted by Crippen LogP contribution is -2.26. The Balaban J connectivity index is 2.08. The van der Waals surface area contributed by atoms with Crippen LogP contribution in [0.2, 0.25) is 5.02 Å². The molecule has 27 heavy (non-hydrogen) atoms. The molecule has 0 N–H and O–H groups in total. The lowest BCUT2D eigenvalue weighted by atomic mass is 10.1. The summed E-state index contributed by atoms with van der Waals surface area (Å²) in [6, 6.07) is 7.83. The van der Waals surface area contributed by atoms with E-state index in [9.17, 15) is 4.79 Å². The smallest absolute Gasteiger partial charge is 0.246 e. The second-order valence-electron chi connectivity index (χ2n) is 6.60. The van der Waals surface area contributed by atoms with Crippen molar-refractivity contribution in [3.8, 4) is 11.3 Å². The number of imidazole rings is 1. The summed E-state index contributed by atoms with van der Waals surface area (Å²) in [4.78, 5) is 22.3. The van der Waals surface area contributed by atoms with E-state index in [1.807, 2.05) is 22.6 Å². The lowest BCUT2D eigenvalue weighted by Gasteiger charge is -2.16. The van der Waals surface area contributed by atoms with Crippen LogP contribution in [0.3, 0.4) is 0 Å². The molecule has 1 atom stereocenters. The lowest BCUT2D eigenvalue weighted by molar-refractivity contribution is -0.128. The maximum Gasteiger partial charge on any atom is 0.246 e. The Morgan fingerprint density at radius 2 is 1.96 bits per heavy atom. The van der Waals surface area contributed by atoms with Gasteiger partial charge in [0.25, 0.3) is 0 Å². The average molecular weight is 438 g/mol. The Kier molecular flexibility index (Phi) is 4.71. The molecular formula is C19H17Cl2N3OS2. The van der Waals surface area contributed by atoms with E-state index < -0.39 is 5.38 Å². The predicted octanol–water partition coefficient (Wildman–Crippen LogP) is 5.92. The van der Waals surface area contributed by atoms with Gasteiger partial charge in [0.2, 0.25) is 5.91 Å². The number of thiazole rings is 1. The van der Waals surface area contributed by atoms with Crippen LogP contribution < -0.4 is 0 Å². The number of benzene rings is 1. The second kappa shape index (κ2) is 6.78. The minimum absolute atomic E-state index is 0.175. The van der Waals surface area contributed by atoms with Crippen LogP contribution in [0.4, 0.5) is 0 Å². The molecule has 3 aromatic heterocycles. The Morgan fingerprint density at radius 1 is 1.22 bits per heavy atom. The minimum Gasteiger partial charge on any atom is -0.347 e. The van der Waals surface area contributed by atoms with Gasteiger partial charge in [-0.25, -0.2) is 4.98 Å². The van der Waals surface area contributed by atoms with Crippen LogP contribution in [0.1, 0.15) is 20.8 Å². The molecule has 1 amide bonds. The third-order valence-electron chi connectivity index (χ3n) is 4.44. The first kappa shape index (κ1) is 18.7. The van der Waals surface area contributed by atoms with Gasteiger partial charge in [-0.15, -0.1) is 22.9 Å². The summed E-state index contributed by atoms with van der Waals surface area (Å²) in [7, 11) is 3.41. The van der Waals surface area contributed by atoms with Crippen LogP contribution in [0, 0.1) is 13.8 Å². The van der Waals surface area contributed by atoms with Crippen LogP contribution in [0.15, 0.2) is 24.3 Å². The topological polar surface area (TPSA) is 37.6 Å². The highest BCUT2D eigenvalue weighted by Gasteiger charge is 2.30. The van der Waals surface area contributed by atoms with Crippen LogP contribution in [0.5, 0.6) is 0 Å². The molecule has 0 bridgehead atoms. The molecule has 4 aromatic rings. The van der Waals surface area contributed by atoms with Crippen molar-refractivity contribution >= 4 is 67.0 Å². The number of hydrogen-bond donors (Lipinski definition) is 0. The maximum absolute atomic E-state index is 12.7. The number of aromatic nitrogens is 2.